The Balaban J connectivity index is 1.33. The van der Waals surface area contributed by atoms with Gasteiger partial charge in [-0.05, 0) is 86.3 Å². The molecule has 0 aromatic heterocycles. The van der Waals surface area contributed by atoms with Gasteiger partial charge in [-0.25, -0.2) is 8.42 Å². The van der Waals surface area contributed by atoms with E-state index in [1.54, 1.807) is 36.1 Å². The first-order valence-electron chi connectivity index (χ1n) is 15.5. The molecule has 0 fully saturated rings. The van der Waals surface area contributed by atoms with Crippen molar-refractivity contribution in [2.45, 2.75) is 37.4 Å². The molecule has 3 atom stereocenters. The highest BCUT2D eigenvalue weighted by Gasteiger charge is 2.34. The van der Waals surface area contributed by atoms with Crippen LogP contribution in [-0.4, -0.2) is 75.2 Å². The first kappa shape index (κ1) is 33.8. The number of carbonyl (C=O) groups excluding carboxylic acids is 1. The van der Waals surface area contributed by atoms with Crippen molar-refractivity contribution in [3.05, 3.63) is 108 Å². The number of benzene rings is 4. The number of nitrogens with zero attached hydrogens (tertiary/aromatic N) is 2. The summed E-state index contributed by atoms with van der Waals surface area (Å²) in [5.41, 5.74) is 1.54. The molecule has 47 heavy (non-hydrogen) atoms. The van der Waals surface area contributed by atoms with Gasteiger partial charge in [0.05, 0.1) is 30.2 Å². The number of likely N-dealkylation sites (N-methyl/N-ethyl adjacent to an activating group) is 1. The van der Waals surface area contributed by atoms with E-state index in [0.717, 1.165) is 17.1 Å². The van der Waals surface area contributed by atoms with Gasteiger partial charge in [0.15, 0.2) is 0 Å². The van der Waals surface area contributed by atoms with Crippen LogP contribution >= 0.6 is 0 Å². The topological polar surface area (TPSA) is 118 Å². The highest BCUT2D eigenvalue weighted by molar-refractivity contribution is 7.92. The SMILES string of the molecule is COc1ccc(S(=O)(=O)Nc2ccc3c(c2)C(=O)N([C@@H](C)CO)C[C@H](C)[C@H](CN(C)Cc2ccc(Oc4ccccc4)cc2)O3)cc1. The van der Waals surface area contributed by atoms with E-state index in [2.05, 4.69) is 9.62 Å². The average Bonchev–Trinajstić information content (AvgIpc) is 3.07. The molecule has 0 unspecified atom stereocenters. The van der Waals surface area contributed by atoms with Crippen LogP contribution in [0, 0.1) is 5.92 Å². The smallest absolute Gasteiger partial charge is 0.261 e. The Morgan fingerprint density at radius 3 is 2.30 bits per heavy atom. The molecule has 10 nitrogen and oxygen atoms in total. The fraction of sp³-hybridized carbons (Fsp3) is 0.306. The summed E-state index contributed by atoms with van der Waals surface area (Å²) in [6.45, 7) is 5.17. The zero-order valence-corrected chi connectivity index (χ0v) is 27.8. The molecular formula is C36H41N3O7S. The molecule has 0 bridgehead atoms. The van der Waals surface area contributed by atoms with Crippen molar-refractivity contribution in [1.82, 2.24) is 9.80 Å². The second-order valence-corrected chi connectivity index (χ2v) is 13.6. The van der Waals surface area contributed by atoms with Crippen LogP contribution < -0.4 is 18.9 Å². The summed E-state index contributed by atoms with van der Waals surface area (Å²) in [6, 6.07) is 27.8. The molecule has 5 rings (SSSR count). The molecule has 0 spiro atoms. The maximum absolute atomic E-state index is 13.8. The normalized spacial score (nSPS) is 17.2. The summed E-state index contributed by atoms with van der Waals surface area (Å²) in [5, 5.41) is 10.0. The van der Waals surface area contributed by atoms with Gasteiger partial charge in [-0.1, -0.05) is 37.3 Å². The number of hydrogen-bond acceptors (Lipinski definition) is 8. The maximum atomic E-state index is 13.8. The van der Waals surface area contributed by atoms with E-state index in [-0.39, 0.29) is 40.7 Å². The molecule has 0 saturated heterocycles. The standard InChI is InChI=1S/C36H41N3O7S/c1-25-21-39(26(2)24-40)36(41)33-20-28(37-47(42,43)32-17-15-29(44-4)16-18-32)12-19-34(33)46-35(25)23-38(3)22-27-10-13-31(14-11-27)45-30-8-6-5-7-9-30/h5-20,25-26,35,37,40H,21-24H2,1-4H3/t25-,26-,35-/m0/s1. The highest BCUT2D eigenvalue weighted by Crippen LogP contribution is 2.32. The Kier molecular flexibility index (Phi) is 10.7. The Bertz CT molecular complexity index is 1750. The van der Waals surface area contributed by atoms with Crippen LogP contribution in [0.3, 0.4) is 0 Å². The van der Waals surface area contributed by atoms with Gasteiger partial charge in [0.2, 0.25) is 0 Å². The number of aliphatic hydroxyl groups excluding tert-OH is 1. The minimum Gasteiger partial charge on any atom is -0.497 e. The predicted octanol–water partition coefficient (Wildman–Crippen LogP) is 5.64. The molecule has 0 radical (unpaired) electrons. The maximum Gasteiger partial charge on any atom is 0.261 e. The van der Waals surface area contributed by atoms with Gasteiger partial charge in [-0.2, -0.15) is 0 Å². The molecule has 11 heteroatoms. The molecular weight excluding hydrogens is 618 g/mol. The number of amides is 1. The zero-order valence-electron chi connectivity index (χ0n) is 27.0. The van der Waals surface area contributed by atoms with Crippen LogP contribution in [0.2, 0.25) is 0 Å². The number of carbonyl (C=O) groups is 1. The molecule has 1 amide bonds. The summed E-state index contributed by atoms with van der Waals surface area (Å²) < 4.78 is 46.4. The van der Waals surface area contributed by atoms with Gasteiger partial charge in [-0.15, -0.1) is 0 Å². The molecule has 0 aliphatic carbocycles. The number of methoxy groups -OCH3 is 1. The third kappa shape index (κ3) is 8.42. The minimum atomic E-state index is -3.94. The number of hydrogen-bond donors (Lipinski definition) is 2. The van der Waals surface area contributed by atoms with Crippen molar-refractivity contribution in [2.24, 2.45) is 5.92 Å². The van der Waals surface area contributed by atoms with Gasteiger partial charge < -0.3 is 24.2 Å². The number of ether oxygens (including phenoxy) is 3. The van der Waals surface area contributed by atoms with Crippen molar-refractivity contribution in [1.29, 1.82) is 0 Å². The molecule has 4 aromatic rings. The molecule has 1 heterocycles. The van der Waals surface area contributed by atoms with Crippen molar-refractivity contribution < 1.29 is 32.5 Å². The van der Waals surface area contributed by atoms with Gasteiger partial charge >= 0.3 is 0 Å². The van der Waals surface area contributed by atoms with Crippen molar-refractivity contribution in [3.8, 4) is 23.0 Å². The molecule has 248 valence electrons. The lowest BCUT2D eigenvalue weighted by molar-refractivity contribution is 0.0341. The molecule has 1 aliphatic heterocycles. The van der Waals surface area contributed by atoms with E-state index in [0.29, 0.717) is 31.1 Å². The van der Waals surface area contributed by atoms with Crippen LogP contribution in [0.15, 0.2) is 102 Å². The Hall–Kier alpha value is -4.58. The minimum absolute atomic E-state index is 0.0541. The Labute approximate surface area is 276 Å². The number of para-hydroxylation sites is 1. The van der Waals surface area contributed by atoms with E-state index in [1.807, 2.05) is 68.6 Å². The number of anilines is 1. The van der Waals surface area contributed by atoms with E-state index in [1.165, 1.54) is 25.3 Å². The predicted molar refractivity (Wildman–Crippen MR) is 181 cm³/mol. The summed E-state index contributed by atoms with van der Waals surface area (Å²) in [5.74, 6) is 2.00. The van der Waals surface area contributed by atoms with Crippen LogP contribution in [-0.2, 0) is 16.6 Å². The molecule has 4 aromatic carbocycles. The Morgan fingerprint density at radius 2 is 1.64 bits per heavy atom. The number of sulfonamides is 1. The number of rotatable bonds is 12. The van der Waals surface area contributed by atoms with E-state index < -0.39 is 16.1 Å². The van der Waals surface area contributed by atoms with Crippen molar-refractivity contribution in [3.63, 3.8) is 0 Å². The second kappa shape index (κ2) is 14.9. The van der Waals surface area contributed by atoms with Crippen LogP contribution in [0.25, 0.3) is 0 Å². The van der Waals surface area contributed by atoms with Gasteiger partial charge in [0.25, 0.3) is 15.9 Å². The lowest BCUT2D eigenvalue weighted by Gasteiger charge is -2.38. The monoisotopic (exact) mass is 659 g/mol. The third-order valence-corrected chi connectivity index (χ3v) is 9.53. The fourth-order valence-electron chi connectivity index (χ4n) is 5.44. The zero-order chi connectivity index (χ0) is 33.6. The summed E-state index contributed by atoms with van der Waals surface area (Å²) in [4.78, 5) is 17.7. The average molecular weight is 660 g/mol. The third-order valence-electron chi connectivity index (χ3n) is 8.13. The van der Waals surface area contributed by atoms with E-state index in [9.17, 15) is 18.3 Å². The lowest BCUT2D eigenvalue weighted by Crippen LogP contribution is -2.49. The second-order valence-electron chi connectivity index (χ2n) is 11.9. The molecule has 0 saturated carbocycles. The van der Waals surface area contributed by atoms with Gasteiger partial charge in [0, 0.05) is 31.2 Å². The first-order valence-corrected chi connectivity index (χ1v) is 16.9. The first-order chi connectivity index (χ1) is 22.6. The number of fused-ring (bicyclic) bond motifs is 1. The van der Waals surface area contributed by atoms with E-state index in [4.69, 9.17) is 14.2 Å². The molecule has 2 N–H and O–H groups in total. The van der Waals surface area contributed by atoms with Crippen molar-refractivity contribution >= 4 is 21.6 Å². The summed E-state index contributed by atoms with van der Waals surface area (Å²) in [6.07, 6.45) is -0.303. The largest absolute Gasteiger partial charge is 0.497 e. The van der Waals surface area contributed by atoms with Crippen LogP contribution in [0.1, 0.15) is 29.8 Å². The fourth-order valence-corrected chi connectivity index (χ4v) is 6.49. The van der Waals surface area contributed by atoms with Crippen molar-refractivity contribution in [2.75, 3.05) is 38.6 Å². The Morgan fingerprint density at radius 1 is 0.979 bits per heavy atom. The van der Waals surface area contributed by atoms with Crippen LogP contribution in [0.5, 0.6) is 23.0 Å². The number of nitrogens with one attached hydrogen (secondary N) is 1. The highest BCUT2D eigenvalue weighted by atomic mass is 32.2. The lowest BCUT2D eigenvalue weighted by atomic mass is 9.99. The van der Waals surface area contributed by atoms with Crippen LogP contribution in [0.4, 0.5) is 5.69 Å². The summed E-state index contributed by atoms with van der Waals surface area (Å²) >= 11 is 0. The van der Waals surface area contributed by atoms with Gasteiger partial charge in [-0.3, -0.25) is 14.4 Å². The quantitative estimate of drug-likeness (QED) is 0.201. The van der Waals surface area contributed by atoms with E-state index >= 15 is 0 Å². The summed E-state index contributed by atoms with van der Waals surface area (Å²) in [7, 11) is -0.424. The van der Waals surface area contributed by atoms with Gasteiger partial charge in [0.1, 0.15) is 29.1 Å². The number of aliphatic hydroxyl groups is 1. The molecule has 1 aliphatic rings.